The highest BCUT2D eigenvalue weighted by Gasteiger charge is 2.20. The van der Waals surface area contributed by atoms with E-state index in [9.17, 15) is 4.79 Å². The lowest BCUT2D eigenvalue weighted by molar-refractivity contribution is 0.182. The first-order chi connectivity index (χ1) is 7.77. The lowest BCUT2D eigenvalue weighted by Gasteiger charge is -2.11. The van der Waals surface area contributed by atoms with Crippen molar-refractivity contribution in [1.82, 2.24) is 9.55 Å². The van der Waals surface area contributed by atoms with Crippen molar-refractivity contribution in [1.29, 1.82) is 0 Å². The van der Waals surface area contributed by atoms with Crippen LogP contribution in [-0.4, -0.2) is 35.3 Å². The van der Waals surface area contributed by atoms with E-state index in [1.54, 1.807) is 23.4 Å². The third kappa shape index (κ3) is 2.14. The minimum absolute atomic E-state index is 0.0916. The third-order valence-corrected chi connectivity index (χ3v) is 4.23. The zero-order valence-corrected chi connectivity index (χ0v) is 11.0. The Morgan fingerprint density at radius 3 is 3.12 bits per heavy atom. The fourth-order valence-corrected chi connectivity index (χ4v) is 3.30. The van der Waals surface area contributed by atoms with Crippen LogP contribution < -0.4 is 5.56 Å². The Kier molecular flexibility index (Phi) is 3.94. The smallest absolute Gasteiger partial charge is 0.268 e. The molecular weight excluding hydrogens is 244 g/mol. The number of hydrogen-bond donors (Lipinski definition) is 0. The number of nitrogens with zero attached hydrogens (tertiary/aromatic N) is 2. The second kappa shape index (κ2) is 5.25. The molecule has 16 heavy (non-hydrogen) atoms. The summed E-state index contributed by atoms with van der Waals surface area (Å²) >= 11 is 3.13. The van der Waals surface area contributed by atoms with E-state index >= 15 is 0 Å². The van der Waals surface area contributed by atoms with Crippen molar-refractivity contribution in [2.24, 2.45) is 0 Å². The van der Waals surface area contributed by atoms with E-state index in [-0.39, 0.29) is 5.56 Å². The lowest BCUT2D eigenvalue weighted by atomic mass is 10.3. The van der Waals surface area contributed by atoms with Crippen molar-refractivity contribution in [3.05, 3.63) is 16.0 Å². The van der Waals surface area contributed by atoms with Gasteiger partial charge in [0.1, 0.15) is 0 Å². The van der Waals surface area contributed by atoms with Gasteiger partial charge in [-0.05, 0) is 6.26 Å². The maximum absolute atomic E-state index is 12.2. The topological polar surface area (TPSA) is 44.1 Å². The SMILES string of the molecule is COCCn1c(SC)nc2c(c1=O)SCC2. The molecule has 2 rings (SSSR count). The summed E-state index contributed by atoms with van der Waals surface area (Å²) < 4.78 is 6.73. The second-order valence-corrected chi connectivity index (χ2v) is 5.30. The summed E-state index contributed by atoms with van der Waals surface area (Å²) in [6.07, 6.45) is 2.85. The molecule has 1 aromatic heterocycles. The Bertz CT molecular complexity index is 445. The molecule has 0 aromatic carbocycles. The van der Waals surface area contributed by atoms with Crippen LogP contribution in [0.1, 0.15) is 5.69 Å². The van der Waals surface area contributed by atoms with Gasteiger partial charge in [0.05, 0.1) is 23.7 Å². The first kappa shape index (κ1) is 12.0. The van der Waals surface area contributed by atoms with Gasteiger partial charge in [-0.3, -0.25) is 9.36 Å². The maximum Gasteiger partial charge on any atom is 0.268 e. The van der Waals surface area contributed by atoms with Gasteiger partial charge in [0, 0.05) is 19.3 Å². The summed E-state index contributed by atoms with van der Waals surface area (Å²) in [7, 11) is 1.64. The molecular formula is C10H14N2O2S2. The zero-order chi connectivity index (χ0) is 11.5. The zero-order valence-electron chi connectivity index (χ0n) is 9.36. The molecule has 0 N–H and O–H groups in total. The number of aromatic nitrogens is 2. The van der Waals surface area contributed by atoms with Crippen molar-refractivity contribution in [2.45, 2.75) is 23.0 Å². The van der Waals surface area contributed by atoms with Gasteiger partial charge in [-0.1, -0.05) is 11.8 Å². The van der Waals surface area contributed by atoms with Crippen molar-refractivity contribution in [3.8, 4) is 0 Å². The van der Waals surface area contributed by atoms with Crippen LogP contribution in [0, 0.1) is 0 Å². The van der Waals surface area contributed by atoms with Crippen molar-refractivity contribution in [2.75, 3.05) is 25.7 Å². The molecule has 1 aromatic rings. The van der Waals surface area contributed by atoms with Gasteiger partial charge in [0.15, 0.2) is 5.16 Å². The molecule has 0 amide bonds. The molecule has 0 unspecified atom stereocenters. The van der Waals surface area contributed by atoms with E-state index in [1.807, 2.05) is 6.26 Å². The molecule has 6 heteroatoms. The molecule has 0 bridgehead atoms. The normalized spacial score (nSPS) is 14.1. The second-order valence-electron chi connectivity index (χ2n) is 3.42. The van der Waals surface area contributed by atoms with Gasteiger partial charge in [-0.2, -0.15) is 0 Å². The Labute approximate surface area is 103 Å². The molecule has 4 nitrogen and oxygen atoms in total. The van der Waals surface area contributed by atoms with Gasteiger partial charge in [0.25, 0.3) is 5.56 Å². The largest absolute Gasteiger partial charge is 0.383 e. The quantitative estimate of drug-likeness (QED) is 0.601. The molecule has 1 aliphatic heterocycles. The van der Waals surface area contributed by atoms with Crippen molar-refractivity contribution in [3.63, 3.8) is 0 Å². The van der Waals surface area contributed by atoms with Gasteiger partial charge in [-0.25, -0.2) is 4.98 Å². The van der Waals surface area contributed by atoms with E-state index in [0.29, 0.717) is 13.2 Å². The van der Waals surface area contributed by atoms with Crippen LogP contribution in [0.3, 0.4) is 0 Å². The highest BCUT2D eigenvalue weighted by Crippen LogP contribution is 2.27. The molecule has 88 valence electrons. The van der Waals surface area contributed by atoms with Gasteiger partial charge < -0.3 is 4.74 Å². The molecule has 2 heterocycles. The average Bonchev–Trinajstić information content (AvgIpc) is 2.76. The average molecular weight is 258 g/mol. The Hall–Kier alpha value is -0.460. The number of methoxy groups -OCH3 is 1. The van der Waals surface area contributed by atoms with Crippen LogP contribution in [-0.2, 0) is 17.7 Å². The highest BCUT2D eigenvalue weighted by molar-refractivity contribution is 7.99. The van der Waals surface area contributed by atoms with E-state index in [0.717, 1.165) is 27.9 Å². The Balaban J connectivity index is 2.45. The van der Waals surface area contributed by atoms with Gasteiger partial charge in [-0.15, -0.1) is 11.8 Å². The fraction of sp³-hybridized carbons (Fsp3) is 0.600. The van der Waals surface area contributed by atoms with Crippen LogP contribution >= 0.6 is 23.5 Å². The molecule has 0 saturated carbocycles. The van der Waals surface area contributed by atoms with Gasteiger partial charge >= 0.3 is 0 Å². The molecule has 0 saturated heterocycles. The van der Waals surface area contributed by atoms with Crippen LogP contribution in [0.25, 0.3) is 0 Å². The number of ether oxygens (including phenoxy) is 1. The summed E-state index contributed by atoms with van der Waals surface area (Å²) in [6.45, 7) is 1.12. The standard InChI is InChI=1S/C10H14N2O2S2/c1-14-5-4-12-9(13)8-7(3-6-16-8)11-10(12)15-2/h3-6H2,1-2H3. The van der Waals surface area contributed by atoms with Crippen LogP contribution in [0.15, 0.2) is 14.8 Å². The number of thioether (sulfide) groups is 2. The summed E-state index contributed by atoms with van der Waals surface area (Å²) in [5.41, 5.74) is 1.06. The Morgan fingerprint density at radius 1 is 1.62 bits per heavy atom. The third-order valence-electron chi connectivity index (χ3n) is 2.45. The molecule has 1 aliphatic rings. The summed E-state index contributed by atoms with van der Waals surface area (Å²) in [6, 6.07) is 0. The van der Waals surface area contributed by atoms with Crippen LogP contribution in [0.5, 0.6) is 0 Å². The molecule has 0 radical (unpaired) electrons. The molecule has 0 aliphatic carbocycles. The van der Waals surface area contributed by atoms with Crippen LogP contribution in [0.2, 0.25) is 0 Å². The minimum Gasteiger partial charge on any atom is -0.383 e. The van der Waals surface area contributed by atoms with E-state index in [1.165, 1.54) is 11.8 Å². The monoisotopic (exact) mass is 258 g/mol. The summed E-state index contributed by atoms with van der Waals surface area (Å²) in [5, 5.41) is 0.795. The molecule has 0 fully saturated rings. The van der Waals surface area contributed by atoms with Crippen LogP contribution in [0.4, 0.5) is 0 Å². The number of fused-ring (bicyclic) bond motifs is 1. The van der Waals surface area contributed by atoms with Gasteiger partial charge in [0.2, 0.25) is 0 Å². The minimum atomic E-state index is 0.0916. The predicted molar refractivity (Wildman–Crippen MR) is 66.6 cm³/mol. The molecule has 0 spiro atoms. The first-order valence-electron chi connectivity index (χ1n) is 5.07. The number of rotatable bonds is 4. The van der Waals surface area contributed by atoms with Crippen molar-refractivity contribution < 1.29 is 4.74 Å². The highest BCUT2D eigenvalue weighted by atomic mass is 32.2. The van der Waals surface area contributed by atoms with E-state index in [4.69, 9.17) is 4.74 Å². The maximum atomic E-state index is 12.2. The predicted octanol–water partition coefficient (Wildman–Crippen LogP) is 1.26. The first-order valence-corrected chi connectivity index (χ1v) is 7.28. The van der Waals surface area contributed by atoms with E-state index < -0.39 is 0 Å². The summed E-state index contributed by atoms with van der Waals surface area (Å²) in [5.74, 6) is 0.972. The van der Waals surface area contributed by atoms with E-state index in [2.05, 4.69) is 4.98 Å². The summed E-state index contributed by atoms with van der Waals surface area (Å²) in [4.78, 5) is 17.5. The number of hydrogen-bond acceptors (Lipinski definition) is 5. The Morgan fingerprint density at radius 2 is 2.44 bits per heavy atom. The number of aryl methyl sites for hydroxylation is 1. The fourth-order valence-electron chi connectivity index (χ4n) is 1.66. The lowest BCUT2D eigenvalue weighted by Crippen LogP contribution is -2.26. The molecule has 0 atom stereocenters. The van der Waals surface area contributed by atoms with Crippen molar-refractivity contribution >= 4 is 23.5 Å².